The Bertz CT molecular complexity index is 1240. The van der Waals surface area contributed by atoms with E-state index in [-0.39, 0.29) is 17.4 Å². The SMILES string of the molecule is O=C(Nc1cnccc1[C@@H]1C[C@H](O)[C@]2(O)CCCC[C@@H]2O1)c1c[nH]cc(-c2ccccc2)c1=O. The molecule has 1 amide bonds. The van der Waals surface area contributed by atoms with Crippen molar-refractivity contribution in [3.05, 3.63) is 82.5 Å². The third kappa shape index (κ3) is 4.04. The summed E-state index contributed by atoms with van der Waals surface area (Å²) in [6.07, 6.45) is 7.26. The van der Waals surface area contributed by atoms with E-state index in [1.54, 1.807) is 18.5 Å². The Morgan fingerprint density at radius 3 is 2.82 bits per heavy atom. The first-order valence-electron chi connectivity index (χ1n) is 11.5. The highest BCUT2D eigenvalue weighted by atomic mass is 16.5. The maximum Gasteiger partial charge on any atom is 0.261 e. The van der Waals surface area contributed by atoms with Gasteiger partial charge in [0, 0.05) is 36.1 Å². The van der Waals surface area contributed by atoms with Crippen molar-refractivity contribution in [3.8, 4) is 11.1 Å². The highest BCUT2D eigenvalue weighted by Crippen LogP contribution is 2.45. The zero-order valence-corrected chi connectivity index (χ0v) is 18.6. The number of pyridine rings is 2. The number of carbonyl (C=O) groups excluding carboxylic acids is 1. The normalized spacial score (nSPS) is 26.5. The molecule has 4 atom stereocenters. The number of H-pyrrole nitrogens is 1. The number of ether oxygens (including phenoxy) is 1. The summed E-state index contributed by atoms with van der Waals surface area (Å²) in [7, 11) is 0. The van der Waals surface area contributed by atoms with Crippen LogP contribution in [0.5, 0.6) is 0 Å². The summed E-state index contributed by atoms with van der Waals surface area (Å²) >= 11 is 0. The van der Waals surface area contributed by atoms with Crippen molar-refractivity contribution in [1.29, 1.82) is 0 Å². The molecule has 1 saturated heterocycles. The number of carbonyl (C=O) groups is 1. The van der Waals surface area contributed by atoms with Crippen LogP contribution in [-0.4, -0.2) is 43.9 Å². The molecule has 2 aliphatic rings. The number of anilines is 1. The predicted molar refractivity (Wildman–Crippen MR) is 126 cm³/mol. The first-order chi connectivity index (χ1) is 16.5. The maximum absolute atomic E-state index is 13.1. The fraction of sp³-hybridized carbons (Fsp3) is 0.346. The molecule has 0 radical (unpaired) electrons. The first-order valence-corrected chi connectivity index (χ1v) is 11.5. The molecule has 5 rings (SSSR count). The van der Waals surface area contributed by atoms with Gasteiger partial charge in [0.1, 0.15) is 11.2 Å². The number of nitrogens with one attached hydrogen (secondary N) is 2. The quantitative estimate of drug-likeness (QED) is 0.473. The molecule has 176 valence electrons. The summed E-state index contributed by atoms with van der Waals surface area (Å²) in [4.78, 5) is 33.2. The number of nitrogens with zero attached hydrogens (tertiary/aromatic N) is 1. The van der Waals surface area contributed by atoms with Crippen LogP contribution in [0, 0.1) is 0 Å². The predicted octanol–water partition coefficient (Wildman–Crippen LogP) is 3.19. The molecule has 34 heavy (non-hydrogen) atoms. The molecule has 8 heteroatoms. The lowest BCUT2D eigenvalue weighted by molar-refractivity contribution is -0.242. The maximum atomic E-state index is 13.1. The minimum Gasteiger partial charge on any atom is -0.390 e. The molecular formula is C26H27N3O5. The van der Waals surface area contributed by atoms with E-state index in [1.165, 1.54) is 12.4 Å². The van der Waals surface area contributed by atoms with E-state index in [2.05, 4.69) is 15.3 Å². The lowest BCUT2D eigenvalue weighted by Crippen LogP contribution is -2.58. The number of hydrogen-bond donors (Lipinski definition) is 4. The van der Waals surface area contributed by atoms with E-state index in [9.17, 15) is 19.8 Å². The number of fused-ring (bicyclic) bond motifs is 1. The Morgan fingerprint density at radius 2 is 2.00 bits per heavy atom. The van der Waals surface area contributed by atoms with E-state index >= 15 is 0 Å². The summed E-state index contributed by atoms with van der Waals surface area (Å²) in [6, 6.07) is 10.9. The van der Waals surface area contributed by atoms with Crippen LogP contribution < -0.4 is 10.7 Å². The lowest BCUT2D eigenvalue weighted by atomic mass is 9.74. The minimum absolute atomic E-state index is 0.0255. The van der Waals surface area contributed by atoms with Crippen LogP contribution in [0.2, 0.25) is 0 Å². The average molecular weight is 462 g/mol. The molecule has 0 spiro atoms. The number of aliphatic hydroxyl groups excluding tert-OH is 1. The smallest absolute Gasteiger partial charge is 0.261 e. The number of aliphatic hydroxyl groups is 2. The molecule has 4 N–H and O–H groups in total. The minimum atomic E-state index is -1.24. The van der Waals surface area contributed by atoms with Crippen LogP contribution >= 0.6 is 0 Å². The van der Waals surface area contributed by atoms with Crippen molar-refractivity contribution in [2.45, 2.75) is 56.0 Å². The zero-order chi connectivity index (χ0) is 23.7. The van der Waals surface area contributed by atoms with Crippen molar-refractivity contribution in [2.75, 3.05) is 5.32 Å². The Balaban J connectivity index is 1.41. The van der Waals surface area contributed by atoms with Gasteiger partial charge in [-0.15, -0.1) is 0 Å². The van der Waals surface area contributed by atoms with Gasteiger partial charge in [0.2, 0.25) is 5.43 Å². The van der Waals surface area contributed by atoms with Crippen LogP contribution in [0.4, 0.5) is 5.69 Å². The number of aromatic nitrogens is 2. The first kappa shape index (κ1) is 22.5. The van der Waals surface area contributed by atoms with E-state index in [1.807, 2.05) is 30.3 Å². The van der Waals surface area contributed by atoms with Crippen molar-refractivity contribution in [3.63, 3.8) is 0 Å². The van der Waals surface area contributed by atoms with Crippen LogP contribution in [0.25, 0.3) is 11.1 Å². The lowest BCUT2D eigenvalue weighted by Gasteiger charge is -2.49. The molecule has 3 heterocycles. The molecule has 1 saturated carbocycles. The number of aromatic amines is 1. The van der Waals surface area contributed by atoms with Gasteiger partial charge in [-0.25, -0.2) is 0 Å². The van der Waals surface area contributed by atoms with E-state index < -0.39 is 29.8 Å². The molecule has 3 aromatic rings. The Kier molecular flexibility index (Phi) is 6.03. The van der Waals surface area contributed by atoms with Crippen molar-refractivity contribution < 1.29 is 19.7 Å². The Hall–Kier alpha value is -3.33. The molecule has 2 fully saturated rings. The molecular weight excluding hydrogens is 434 g/mol. The highest BCUT2D eigenvalue weighted by molar-refractivity contribution is 6.05. The Morgan fingerprint density at radius 1 is 1.18 bits per heavy atom. The van der Waals surface area contributed by atoms with Gasteiger partial charge in [0.05, 0.1) is 30.2 Å². The number of benzene rings is 1. The average Bonchev–Trinajstić information content (AvgIpc) is 2.85. The fourth-order valence-corrected chi connectivity index (χ4v) is 5.04. The van der Waals surface area contributed by atoms with Crippen LogP contribution in [-0.2, 0) is 4.74 Å². The summed E-state index contributed by atoms with van der Waals surface area (Å²) in [6.45, 7) is 0. The van der Waals surface area contributed by atoms with Crippen molar-refractivity contribution >= 4 is 11.6 Å². The van der Waals surface area contributed by atoms with Crippen LogP contribution in [0.1, 0.15) is 54.1 Å². The number of rotatable bonds is 4. The van der Waals surface area contributed by atoms with Gasteiger partial charge < -0.3 is 25.3 Å². The summed E-state index contributed by atoms with van der Waals surface area (Å²) in [5.74, 6) is -0.571. The van der Waals surface area contributed by atoms with Crippen LogP contribution in [0.3, 0.4) is 0 Å². The molecule has 0 bridgehead atoms. The fourth-order valence-electron chi connectivity index (χ4n) is 5.04. The van der Waals surface area contributed by atoms with Gasteiger partial charge in [0.15, 0.2) is 0 Å². The van der Waals surface area contributed by atoms with E-state index in [0.29, 0.717) is 35.2 Å². The van der Waals surface area contributed by atoms with Gasteiger partial charge in [0.25, 0.3) is 5.91 Å². The second-order valence-electron chi connectivity index (χ2n) is 9.00. The van der Waals surface area contributed by atoms with E-state index in [0.717, 1.165) is 12.8 Å². The number of hydrogen-bond acceptors (Lipinski definition) is 6. The topological polar surface area (TPSA) is 125 Å². The molecule has 8 nitrogen and oxygen atoms in total. The third-order valence-corrected chi connectivity index (χ3v) is 6.92. The third-order valence-electron chi connectivity index (χ3n) is 6.92. The van der Waals surface area contributed by atoms with Gasteiger partial charge >= 0.3 is 0 Å². The molecule has 2 aromatic heterocycles. The molecule has 1 aromatic carbocycles. The van der Waals surface area contributed by atoms with Crippen LogP contribution in [0.15, 0.2) is 66.0 Å². The summed E-state index contributed by atoms with van der Waals surface area (Å²) < 4.78 is 6.22. The van der Waals surface area contributed by atoms with Gasteiger partial charge in [-0.05, 0) is 24.5 Å². The van der Waals surface area contributed by atoms with E-state index in [4.69, 9.17) is 4.74 Å². The number of amides is 1. The largest absolute Gasteiger partial charge is 0.390 e. The monoisotopic (exact) mass is 461 g/mol. The van der Waals surface area contributed by atoms with Crippen molar-refractivity contribution in [1.82, 2.24) is 9.97 Å². The van der Waals surface area contributed by atoms with Crippen molar-refractivity contribution in [2.24, 2.45) is 0 Å². The second-order valence-corrected chi connectivity index (χ2v) is 9.00. The molecule has 1 aliphatic carbocycles. The van der Waals surface area contributed by atoms with Gasteiger partial charge in [-0.1, -0.05) is 43.2 Å². The Labute approximate surface area is 196 Å². The summed E-state index contributed by atoms with van der Waals surface area (Å²) in [5, 5.41) is 24.5. The summed E-state index contributed by atoms with van der Waals surface area (Å²) in [5.41, 5.74) is 0.504. The second kappa shape index (κ2) is 9.13. The zero-order valence-electron chi connectivity index (χ0n) is 18.6. The standard InChI is InChI=1S/C26H27N3O5/c30-22-12-21(34-23-8-4-5-10-26(22,23)33)17-9-11-27-15-20(17)29-25(32)19-14-28-13-18(24(19)31)16-6-2-1-3-7-16/h1-3,6-7,9,11,13-15,21-23,30,33H,4-5,8,10,12H2,(H,28,31)(H,29,32)/t21-,22-,23-,26+/m0/s1. The van der Waals surface area contributed by atoms with Gasteiger partial charge in [-0.2, -0.15) is 0 Å². The van der Waals surface area contributed by atoms with Gasteiger partial charge in [-0.3, -0.25) is 14.6 Å². The molecule has 0 unspecified atom stereocenters. The molecule has 1 aliphatic heterocycles. The highest BCUT2D eigenvalue weighted by Gasteiger charge is 2.51.